The topological polar surface area (TPSA) is 89.5 Å². The van der Waals surface area contributed by atoms with Crippen LogP contribution in [0.4, 0.5) is 0 Å². The van der Waals surface area contributed by atoms with E-state index < -0.39 is 50.4 Å². The quantitative estimate of drug-likeness (QED) is 0.0762. The van der Waals surface area contributed by atoms with Gasteiger partial charge in [-0.15, -0.1) is 92.8 Å². The Bertz CT molecular complexity index is 497. The van der Waals surface area contributed by atoms with Crippen molar-refractivity contribution in [3.05, 3.63) is 0 Å². The second-order valence-electron chi connectivity index (χ2n) is 5.75. The molecule has 0 N–H and O–H groups in total. The molecule has 0 heterocycles. The maximum Gasteiger partial charge on any atom is 0.474 e. The second kappa shape index (κ2) is 19.6. The number of phosphoric acid groups is 2. The molecule has 0 spiro atoms. The molecule has 0 aliphatic rings. The van der Waals surface area contributed by atoms with Gasteiger partial charge in [-0.25, -0.2) is 9.13 Å². The number of hydrogen-bond acceptors (Lipinski definition) is 8. The Morgan fingerprint density at radius 2 is 0.688 bits per heavy atom. The van der Waals surface area contributed by atoms with E-state index in [1.54, 1.807) is 0 Å². The normalized spacial score (nSPS) is 19.6. The molecule has 32 heavy (non-hydrogen) atoms. The highest BCUT2D eigenvalue weighted by molar-refractivity contribution is 7.48. The van der Waals surface area contributed by atoms with Crippen molar-refractivity contribution in [2.24, 2.45) is 0 Å². The largest absolute Gasteiger partial charge is 0.474 e. The van der Waals surface area contributed by atoms with Crippen LogP contribution < -0.4 is 0 Å². The lowest BCUT2D eigenvalue weighted by Crippen LogP contribution is -2.17. The van der Waals surface area contributed by atoms with Crippen LogP contribution in [0.15, 0.2) is 0 Å². The van der Waals surface area contributed by atoms with Gasteiger partial charge in [-0.1, -0.05) is 0 Å². The van der Waals surface area contributed by atoms with Crippen molar-refractivity contribution in [1.82, 2.24) is 0 Å². The molecule has 0 aliphatic carbocycles. The Hall–Kier alpha value is 2.54. The molecule has 0 radical (unpaired) electrons. The number of alkyl halides is 8. The smallest absolute Gasteiger partial charge is 0.285 e. The fraction of sp³-hybridized carbons (Fsp3) is 1.00. The molecule has 18 heteroatoms. The fourth-order valence-electron chi connectivity index (χ4n) is 1.39. The molecule has 0 aromatic rings. The lowest BCUT2D eigenvalue weighted by atomic mass is 10.5. The molecule has 4 atom stereocenters. The van der Waals surface area contributed by atoms with Crippen molar-refractivity contribution in [3.8, 4) is 0 Å². The van der Waals surface area contributed by atoms with E-state index in [9.17, 15) is 9.13 Å². The van der Waals surface area contributed by atoms with Crippen molar-refractivity contribution in [2.75, 3.05) is 63.2 Å². The Labute approximate surface area is 228 Å². The predicted molar refractivity (Wildman–Crippen MR) is 132 cm³/mol. The molecular formula is C14H24Cl8O8P2. The average molecular weight is 666 g/mol. The van der Waals surface area contributed by atoms with Gasteiger partial charge >= 0.3 is 15.6 Å². The lowest BCUT2D eigenvalue weighted by Gasteiger charge is -2.22. The molecule has 8 nitrogen and oxygen atoms in total. The highest BCUT2D eigenvalue weighted by atomic mass is 35.5. The maximum absolute atomic E-state index is 12.8. The van der Waals surface area contributed by atoms with Gasteiger partial charge in [0.25, 0.3) is 0 Å². The van der Waals surface area contributed by atoms with E-state index in [4.69, 9.17) is 120 Å². The minimum atomic E-state index is -4.12. The Balaban J connectivity index is 4.90. The van der Waals surface area contributed by atoms with Gasteiger partial charge in [0.15, 0.2) is 0 Å². The summed E-state index contributed by atoms with van der Waals surface area (Å²) in [7, 11) is -8.24. The summed E-state index contributed by atoms with van der Waals surface area (Å²) in [6.45, 7) is -1.70. The molecular weight excluding hydrogens is 642 g/mol. The zero-order chi connectivity index (χ0) is 24.6. The van der Waals surface area contributed by atoms with Crippen LogP contribution in [-0.2, 0) is 36.3 Å². The van der Waals surface area contributed by atoms with Crippen molar-refractivity contribution in [3.63, 3.8) is 0 Å². The van der Waals surface area contributed by atoms with E-state index in [1.165, 1.54) is 0 Å². The molecule has 0 saturated heterocycles. The van der Waals surface area contributed by atoms with E-state index in [-0.39, 0.29) is 49.9 Å². The third-order valence-corrected chi connectivity index (χ3v) is 9.01. The SMILES string of the molecule is O=P(OCCOP(=O)(OCC(Cl)CCl)OCC(Cl)CCl)(OCC(Cl)CCl)OCC(Cl)CCl. The van der Waals surface area contributed by atoms with Gasteiger partial charge < -0.3 is 0 Å². The van der Waals surface area contributed by atoms with E-state index in [0.29, 0.717) is 0 Å². The van der Waals surface area contributed by atoms with Crippen LogP contribution in [0.5, 0.6) is 0 Å². The molecule has 0 aromatic heterocycles. The van der Waals surface area contributed by atoms with E-state index >= 15 is 0 Å². The molecule has 0 amide bonds. The van der Waals surface area contributed by atoms with Gasteiger partial charge in [-0.2, -0.15) is 0 Å². The highest BCUT2D eigenvalue weighted by Gasteiger charge is 2.32. The third-order valence-electron chi connectivity index (χ3n) is 2.91. The van der Waals surface area contributed by atoms with Crippen LogP contribution in [-0.4, -0.2) is 84.7 Å². The summed E-state index contributed by atoms with van der Waals surface area (Å²) in [5.74, 6) is 0.151. The first-order valence-corrected chi connectivity index (χ1v) is 15.7. The molecule has 0 bridgehead atoms. The van der Waals surface area contributed by atoms with Gasteiger partial charge in [-0.05, 0) is 0 Å². The van der Waals surface area contributed by atoms with Crippen molar-refractivity contribution in [2.45, 2.75) is 21.5 Å². The predicted octanol–water partition coefficient (Wildman–Crippen LogP) is 6.69. The molecule has 0 aliphatic heterocycles. The van der Waals surface area contributed by atoms with Crippen LogP contribution in [0.2, 0.25) is 0 Å². The first-order valence-electron chi connectivity index (χ1n) is 8.90. The van der Waals surface area contributed by atoms with Gasteiger partial charge in [0, 0.05) is 23.5 Å². The van der Waals surface area contributed by atoms with Gasteiger partial charge in [-0.3, -0.25) is 27.1 Å². The molecule has 0 saturated carbocycles. The van der Waals surface area contributed by atoms with Crippen LogP contribution in [0, 0.1) is 0 Å². The monoisotopic (exact) mass is 662 g/mol. The molecule has 0 rings (SSSR count). The van der Waals surface area contributed by atoms with Crippen LogP contribution in [0.3, 0.4) is 0 Å². The van der Waals surface area contributed by atoms with Gasteiger partial charge in [0.05, 0.1) is 61.1 Å². The van der Waals surface area contributed by atoms with Crippen molar-refractivity contribution >= 4 is 108 Å². The Morgan fingerprint density at radius 3 is 0.875 bits per heavy atom. The summed E-state index contributed by atoms with van der Waals surface area (Å²) in [5, 5.41) is -2.59. The Kier molecular flexibility index (Phi) is 21.2. The number of phosphoric ester groups is 2. The maximum atomic E-state index is 12.8. The van der Waals surface area contributed by atoms with E-state index in [1.807, 2.05) is 0 Å². The van der Waals surface area contributed by atoms with Gasteiger partial charge in [0.1, 0.15) is 0 Å². The first kappa shape index (κ1) is 34.5. The standard InChI is InChI=1S/C14H24Cl8O8P2/c15-3-11(19)7-27-31(23,28-8-12(20)4-16)25-1-2-26-32(24,29-9-13(21)5-17)30-10-14(22)6-18/h11-14H,1-10H2. The minimum Gasteiger partial charge on any atom is -0.285 e. The summed E-state index contributed by atoms with van der Waals surface area (Å²) in [6.07, 6.45) is 0. The summed E-state index contributed by atoms with van der Waals surface area (Å²) in [4.78, 5) is 0. The number of hydrogen-bond donors (Lipinski definition) is 0. The fourth-order valence-corrected chi connectivity index (χ4v) is 4.84. The van der Waals surface area contributed by atoms with E-state index in [0.717, 1.165) is 0 Å². The van der Waals surface area contributed by atoms with E-state index in [2.05, 4.69) is 0 Å². The van der Waals surface area contributed by atoms with Crippen molar-refractivity contribution < 1.29 is 36.3 Å². The van der Waals surface area contributed by atoms with Crippen LogP contribution in [0.1, 0.15) is 0 Å². The summed E-state index contributed by atoms with van der Waals surface area (Å²) in [5.41, 5.74) is 0. The zero-order valence-corrected chi connectivity index (χ0v) is 24.4. The molecule has 4 unspecified atom stereocenters. The average Bonchev–Trinajstić information content (AvgIpc) is 2.80. The Morgan fingerprint density at radius 1 is 0.469 bits per heavy atom. The van der Waals surface area contributed by atoms with Crippen molar-refractivity contribution in [1.29, 1.82) is 0 Å². The molecule has 0 fully saturated rings. The van der Waals surface area contributed by atoms with Crippen LogP contribution >= 0.6 is 108 Å². The lowest BCUT2D eigenvalue weighted by molar-refractivity contribution is 0.0762. The zero-order valence-electron chi connectivity index (χ0n) is 16.6. The second-order valence-corrected chi connectivity index (χ2v) is 12.8. The summed E-state index contributed by atoms with van der Waals surface area (Å²) >= 11 is 45.8. The minimum absolute atomic E-state index is 0.0378. The molecule has 0 aromatic carbocycles. The van der Waals surface area contributed by atoms with Gasteiger partial charge in [0.2, 0.25) is 0 Å². The molecule has 194 valence electrons. The highest BCUT2D eigenvalue weighted by Crippen LogP contribution is 2.52. The summed E-state index contributed by atoms with van der Waals surface area (Å²) in [6, 6.07) is 0. The number of halogens is 8. The first-order chi connectivity index (χ1) is 15.0. The summed E-state index contributed by atoms with van der Waals surface area (Å²) < 4.78 is 56.4. The number of rotatable bonds is 21. The van der Waals surface area contributed by atoms with Crippen LogP contribution in [0.25, 0.3) is 0 Å². The third kappa shape index (κ3) is 17.1.